The Morgan fingerprint density at radius 3 is 3.00 bits per heavy atom. The Balaban J connectivity index is 2.06. The number of nitrogens with zero attached hydrogens (tertiary/aromatic N) is 1. The van der Waals surface area contributed by atoms with Gasteiger partial charge in [0.25, 0.3) is 5.91 Å². The molecule has 0 aromatic carbocycles. The van der Waals surface area contributed by atoms with Gasteiger partial charge in [-0.3, -0.25) is 4.79 Å². The maximum absolute atomic E-state index is 12.2. The highest BCUT2D eigenvalue weighted by atomic mass is 32.1. The summed E-state index contributed by atoms with van der Waals surface area (Å²) in [5.74, 6) is 0.595. The zero-order chi connectivity index (χ0) is 15.1. The van der Waals surface area contributed by atoms with E-state index >= 15 is 0 Å². The van der Waals surface area contributed by atoms with Gasteiger partial charge in [-0.15, -0.1) is 11.3 Å². The first-order valence-corrected chi connectivity index (χ1v) is 8.29. The summed E-state index contributed by atoms with van der Waals surface area (Å²) in [5, 5.41) is 3.83. The molecule has 2 heterocycles. The van der Waals surface area contributed by atoms with Crippen LogP contribution in [0.2, 0.25) is 0 Å². The molecule has 1 unspecified atom stereocenters. The van der Waals surface area contributed by atoms with E-state index in [4.69, 9.17) is 10.7 Å². The molecule has 0 fully saturated rings. The molecule has 0 aliphatic heterocycles. The van der Waals surface area contributed by atoms with Gasteiger partial charge in [0, 0.05) is 17.1 Å². The summed E-state index contributed by atoms with van der Waals surface area (Å²) < 4.78 is 0. The van der Waals surface area contributed by atoms with Crippen LogP contribution in [0.3, 0.4) is 0 Å². The van der Waals surface area contributed by atoms with Gasteiger partial charge in [-0.1, -0.05) is 6.92 Å². The van der Waals surface area contributed by atoms with Crippen LogP contribution >= 0.6 is 11.3 Å². The van der Waals surface area contributed by atoms with Crippen LogP contribution in [0.25, 0.3) is 10.2 Å². The first kappa shape index (κ1) is 14.3. The molecule has 0 saturated carbocycles. The van der Waals surface area contributed by atoms with Crippen molar-refractivity contribution in [1.29, 1.82) is 0 Å². The minimum absolute atomic E-state index is 0.100. The largest absolute Gasteiger partial charge is 0.397 e. The number of amides is 1. The highest BCUT2D eigenvalue weighted by Gasteiger charge is 2.22. The lowest BCUT2D eigenvalue weighted by atomic mass is 9.87. The fourth-order valence-corrected chi connectivity index (χ4v) is 3.87. The van der Waals surface area contributed by atoms with Gasteiger partial charge in [0.1, 0.15) is 9.71 Å². The van der Waals surface area contributed by atoms with Crippen molar-refractivity contribution in [2.24, 2.45) is 5.92 Å². The molecule has 1 aliphatic rings. The molecule has 3 N–H and O–H groups in total. The summed E-state index contributed by atoms with van der Waals surface area (Å²) in [6.07, 6.45) is 3.27. The number of nitrogens with one attached hydrogen (secondary N) is 1. The molecule has 1 aliphatic carbocycles. The highest BCUT2D eigenvalue weighted by molar-refractivity contribution is 7.21. The van der Waals surface area contributed by atoms with Gasteiger partial charge in [-0.2, -0.15) is 0 Å². The summed E-state index contributed by atoms with van der Waals surface area (Å²) in [6.45, 7) is 6.16. The number of carbonyl (C=O) groups is 1. The average molecular weight is 303 g/mol. The number of hydrogen-bond donors (Lipinski definition) is 2. The number of nitrogen functional groups attached to an aromatic ring is 1. The number of aryl methyl sites for hydroxylation is 1. The molecule has 2 aromatic rings. The lowest BCUT2D eigenvalue weighted by molar-refractivity contribution is 0.0948. The number of nitrogens with two attached hydrogens (primary N) is 1. The summed E-state index contributed by atoms with van der Waals surface area (Å²) in [5.41, 5.74) is 9.24. The van der Waals surface area contributed by atoms with Crippen LogP contribution in [0.5, 0.6) is 0 Å². The number of anilines is 1. The van der Waals surface area contributed by atoms with Crippen molar-refractivity contribution in [2.75, 3.05) is 5.73 Å². The zero-order valence-corrected chi connectivity index (χ0v) is 13.5. The van der Waals surface area contributed by atoms with E-state index in [1.165, 1.54) is 29.0 Å². The molecular formula is C16H21N3OS. The number of rotatable bonds is 2. The molecule has 2 aromatic heterocycles. The third-order valence-corrected chi connectivity index (χ3v) is 5.07. The Morgan fingerprint density at radius 2 is 2.29 bits per heavy atom. The molecule has 0 bridgehead atoms. The quantitative estimate of drug-likeness (QED) is 0.895. The molecule has 3 rings (SSSR count). The fraction of sp³-hybridized carbons (Fsp3) is 0.500. The van der Waals surface area contributed by atoms with Crippen LogP contribution in [-0.2, 0) is 12.8 Å². The maximum Gasteiger partial charge on any atom is 0.263 e. The van der Waals surface area contributed by atoms with E-state index in [1.54, 1.807) is 0 Å². The van der Waals surface area contributed by atoms with Crippen molar-refractivity contribution in [1.82, 2.24) is 10.3 Å². The minimum atomic E-state index is -0.100. The molecule has 0 spiro atoms. The second-order valence-electron chi connectivity index (χ2n) is 6.27. The first-order chi connectivity index (χ1) is 9.95. The highest BCUT2D eigenvalue weighted by Crippen LogP contribution is 2.36. The third kappa shape index (κ3) is 2.62. The van der Waals surface area contributed by atoms with Gasteiger partial charge in [-0.05, 0) is 50.7 Å². The van der Waals surface area contributed by atoms with E-state index in [-0.39, 0.29) is 11.9 Å². The van der Waals surface area contributed by atoms with Crippen molar-refractivity contribution in [3.8, 4) is 0 Å². The number of carbonyl (C=O) groups excluding carboxylic acids is 1. The topological polar surface area (TPSA) is 68.0 Å². The summed E-state index contributed by atoms with van der Waals surface area (Å²) in [7, 11) is 0. The molecule has 5 heteroatoms. The van der Waals surface area contributed by atoms with Crippen molar-refractivity contribution in [3.63, 3.8) is 0 Å². The van der Waals surface area contributed by atoms with Crippen molar-refractivity contribution < 1.29 is 4.79 Å². The Bertz CT molecular complexity index is 705. The van der Waals surface area contributed by atoms with Gasteiger partial charge >= 0.3 is 0 Å². The molecule has 0 radical (unpaired) electrons. The van der Waals surface area contributed by atoms with Crippen molar-refractivity contribution >= 4 is 33.1 Å². The monoisotopic (exact) mass is 303 g/mol. The minimum Gasteiger partial charge on any atom is -0.397 e. The Kier molecular flexibility index (Phi) is 3.61. The van der Waals surface area contributed by atoms with Gasteiger partial charge < -0.3 is 11.1 Å². The van der Waals surface area contributed by atoms with E-state index in [2.05, 4.69) is 18.3 Å². The Labute approximate surface area is 128 Å². The standard InChI is InChI=1S/C16H21N3OS/c1-8(2)18-15(20)14-13(17)11-7-10-6-9(3)4-5-12(10)19-16(11)21-14/h7-9H,4-6,17H2,1-3H3,(H,18,20). The number of hydrogen-bond acceptors (Lipinski definition) is 4. The van der Waals surface area contributed by atoms with E-state index in [1.807, 2.05) is 13.8 Å². The molecule has 4 nitrogen and oxygen atoms in total. The van der Waals surface area contributed by atoms with E-state index in [0.717, 1.165) is 23.1 Å². The molecule has 0 saturated heterocycles. The van der Waals surface area contributed by atoms with Crippen LogP contribution < -0.4 is 11.1 Å². The average Bonchev–Trinajstić information content (AvgIpc) is 2.73. The molecule has 1 amide bonds. The second kappa shape index (κ2) is 5.30. The summed E-state index contributed by atoms with van der Waals surface area (Å²) in [4.78, 5) is 18.4. The van der Waals surface area contributed by atoms with Gasteiger partial charge in [0.2, 0.25) is 0 Å². The second-order valence-corrected chi connectivity index (χ2v) is 7.27. The smallest absolute Gasteiger partial charge is 0.263 e. The summed E-state index contributed by atoms with van der Waals surface area (Å²) in [6, 6.07) is 2.25. The number of fused-ring (bicyclic) bond motifs is 2. The van der Waals surface area contributed by atoms with Crippen LogP contribution in [-0.4, -0.2) is 16.9 Å². The third-order valence-electron chi connectivity index (χ3n) is 3.96. The van der Waals surface area contributed by atoms with Crippen LogP contribution in [0.1, 0.15) is 48.1 Å². The van der Waals surface area contributed by atoms with Gasteiger partial charge in [0.15, 0.2) is 0 Å². The van der Waals surface area contributed by atoms with Gasteiger partial charge in [0.05, 0.1) is 5.69 Å². The van der Waals surface area contributed by atoms with Gasteiger partial charge in [-0.25, -0.2) is 4.98 Å². The van der Waals surface area contributed by atoms with Crippen molar-refractivity contribution in [3.05, 3.63) is 22.2 Å². The van der Waals surface area contributed by atoms with E-state index in [9.17, 15) is 4.79 Å². The van der Waals surface area contributed by atoms with E-state index in [0.29, 0.717) is 16.5 Å². The molecule has 112 valence electrons. The Morgan fingerprint density at radius 1 is 1.52 bits per heavy atom. The van der Waals surface area contributed by atoms with Crippen LogP contribution in [0.15, 0.2) is 6.07 Å². The molecule has 1 atom stereocenters. The predicted octanol–water partition coefficient (Wildman–Crippen LogP) is 3.14. The zero-order valence-electron chi connectivity index (χ0n) is 12.7. The normalized spacial score (nSPS) is 18.0. The predicted molar refractivity (Wildman–Crippen MR) is 87.8 cm³/mol. The molecule has 21 heavy (non-hydrogen) atoms. The fourth-order valence-electron chi connectivity index (χ4n) is 2.87. The Hall–Kier alpha value is -1.62. The number of pyridine rings is 1. The van der Waals surface area contributed by atoms with Crippen LogP contribution in [0, 0.1) is 5.92 Å². The summed E-state index contributed by atoms with van der Waals surface area (Å²) >= 11 is 1.40. The maximum atomic E-state index is 12.2. The number of aromatic nitrogens is 1. The van der Waals surface area contributed by atoms with Crippen LogP contribution in [0.4, 0.5) is 5.69 Å². The van der Waals surface area contributed by atoms with E-state index < -0.39 is 0 Å². The van der Waals surface area contributed by atoms with Crippen molar-refractivity contribution in [2.45, 2.75) is 46.1 Å². The lowest BCUT2D eigenvalue weighted by Crippen LogP contribution is -2.29. The lowest BCUT2D eigenvalue weighted by Gasteiger charge is -2.20. The number of thiophene rings is 1. The molecular weight excluding hydrogens is 282 g/mol. The first-order valence-electron chi connectivity index (χ1n) is 7.47. The SMILES string of the molecule is CC1CCc2nc3sc(C(=O)NC(C)C)c(N)c3cc2C1.